The maximum Gasteiger partial charge on any atom is 0.0377 e. The maximum atomic E-state index is 2.32. The van der Waals surface area contributed by atoms with E-state index in [0.29, 0.717) is 0 Å². The van der Waals surface area contributed by atoms with Crippen molar-refractivity contribution in [3.8, 4) is 0 Å². The first-order valence-electron chi connectivity index (χ1n) is 5.51. The van der Waals surface area contributed by atoms with E-state index in [9.17, 15) is 0 Å². The summed E-state index contributed by atoms with van der Waals surface area (Å²) in [6, 6.07) is 6.67. The number of benzene rings is 1. The first-order valence-corrected chi connectivity index (χ1v) is 6.33. The molecule has 2 aromatic rings. The Bertz CT molecular complexity index is 532. The van der Waals surface area contributed by atoms with Crippen molar-refractivity contribution in [2.75, 3.05) is 0 Å². The fraction of sp³-hybridized carbons (Fsp3) is 0.286. The number of fused-ring (bicyclic) bond motifs is 3. The number of hydrogen-bond acceptors (Lipinski definition) is 1. The lowest BCUT2D eigenvalue weighted by Gasteiger charge is -1.97. The van der Waals surface area contributed by atoms with E-state index in [-0.39, 0.29) is 0 Å². The molecule has 0 unspecified atom stereocenters. The van der Waals surface area contributed by atoms with Crippen LogP contribution in [-0.4, -0.2) is 0 Å². The zero-order valence-electron chi connectivity index (χ0n) is 8.92. The van der Waals surface area contributed by atoms with Gasteiger partial charge in [0.15, 0.2) is 0 Å². The van der Waals surface area contributed by atoms with Gasteiger partial charge in [-0.25, -0.2) is 0 Å². The lowest BCUT2D eigenvalue weighted by atomic mass is 10.1. The summed E-state index contributed by atoms with van der Waals surface area (Å²) >= 11 is 2.00. The first kappa shape index (κ1) is 9.17. The number of thiophene rings is 1. The molecule has 15 heavy (non-hydrogen) atoms. The van der Waals surface area contributed by atoms with Gasteiger partial charge in [-0.2, -0.15) is 0 Å². The lowest BCUT2D eigenvalue weighted by Crippen LogP contribution is -1.83. The van der Waals surface area contributed by atoms with E-state index in [0.717, 1.165) is 6.42 Å². The van der Waals surface area contributed by atoms with Gasteiger partial charge in [0.1, 0.15) is 0 Å². The average molecular weight is 214 g/mol. The van der Waals surface area contributed by atoms with Gasteiger partial charge in [-0.3, -0.25) is 0 Å². The molecule has 0 bridgehead atoms. The molecule has 0 saturated heterocycles. The van der Waals surface area contributed by atoms with E-state index in [1.54, 1.807) is 10.4 Å². The molecule has 0 spiro atoms. The Morgan fingerprint density at radius 2 is 2.13 bits per heavy atom. The molecule has 0 radical (unpaired) electrons. The Labute approximate surface area is 94.2 Å². The average Bonchev–Trinajstić information content (AvgIpc) is 2.45. The van der Waals surface area contributed by atoms with Crippen LogP contribution in [0.4, 0.5) is 0 Å². The summed E-state index contributed by atoms with van der Waals surface area (Å²) in [6.45, 7) is 2.22. The van der Waals surface area contributed by atoms with Gasteiger partial charge in [-0.15, -0.1) is 11.3 Å². The third-order valence-corrected chi connectivity index (χ3v) is 4.57. The molecule has 0 atom stereocenters. The van der Waals surface area contributed by atoms with Crippen LogP contribution in [0.25, 0.3) is 10.1 Å². The van der Waals surface area contributed by atoms with Crippen molar-refractivity contribution in [1.82, 2.24) is 0 Å². The van der Waals surface area contributed by atoms with E-state index < -0.39 is 0 Å². The highest BCUT2D eigenvalue weighted by molar-refractivity contribution is 7.19. The second-order valence-electron chi connectivity index (χ2n) is 4.17. The predicted octanol–water partition coefficient (Wildman–Crippen LogP) is 4.25. The molecule has 1 aliphatic rings. The standard InChI is InChI=1S/C14H14S/c1-10-6-5-8-12-11-7-3-2-4-9-13(11)15-14(10)12/h2-3,5-6,8H,4,7,9H2,1H3. The molecule has 0 N–H and O–H groups in total. The highest BCUT2D eigenvalue weighted by atomic mass is 32.1. The molecule has 0 saturated carbocycles. The molecular formula is C14H14S. The number of hydrogen-bond donors (Lipinski definition) is 0. The number of rotatable bonds is 0. The van der Waals surface area contributed by atoms with E-state index >= 15 is 0 Å². The molecule has 0 aliphatic heterocycles. The monoisotopic (exact) mass is 214 g/mol. The minimum absolute atomic E-state index is 1.12. The van der Waals surface area contributed by atoms with Gasteiger partial charge in [-0.05, 0) is 42.7 Å². The highest BCUT2D eigenvalue weighted by Crippen LogP contribution is 2.35. The fourth-order valence-electron chi connectivity index (χ4n) is 2.32. The minimum Gasteiger partial charge on any atom is -0.140 e. The van der Waals surface area contributed by atoms with Crippen molar-refractivity contribution in [2.45, 2.75) is 26.2 Å². The zero-order chi connectivity index (χ0) is 10.3. The minimum atomic E-state index is 1.12. The van der Waals surface area contributed by atoms with E-state index in [1.807, 2.05) is 11.3 Å². The zero-order valence-corrected chi connectivity index (χ0v) is 9.73. The van der Waals surface area contributed by atoms with Crippen molar-refractivity contribution in [3.05, 3.63) is 46.4 Å². The second-order valence-corrected chi connectivity index (χ2v) is 5.27. The van der Waals surface area contributed by atoms with E-state index in [1.165, 1.54) is 28.5 Å². The fourth-order valence-corrected chi connectivity index (χ4v) is 3.63. The van der Waals surface area contributed by atoms with Crippen LogP contribution in [0.5, 0.6) is 0 Å². The Balaban J connectivity index is 2.32. The third-order valence-electron chi connectivity index (χ3n) is 3.13. The molecule has 0 nitrogen and oxygen atoms in total. The molecule has 1 aromatic heterocycles. The number of aryl methyl sites for hydroxylation is 2. The largest absolute Gasteiger partial charge is 0.140 e. The summed E-state index contributed by atoms with van der Waals surface area (Å²) in [5, 5.41) is 1.49. The van der Waals surface area contributed by atoms with Crippen LogP contribution in [0.15, 0.2) is 30.4 Å². The van der Waals surface area contributed by atoms with Crippen LogP contribution in [0.3, 0.4) is 0 Å². The molecule has 0 fully saturated rings. The van der Waals surface area contributed by atoms with Crippen LogP contribution < -0.4 is 0 Å². The molecule has 1 heteroatoms. The molecule has 1 aromatic carbocycles. The van der Waals surface area contributed by atoms with Gasteiger partial charge in [-0.1, -0.05) is 30.4 Å². The molecule has 1 aliphatic carbocycles. The van der Waals surface area contributed by atoms with Crippen LogP contribution >= 0.6 is 11.3 Å². The van der Waals surface area contributed by atoms with E-state index in [4.69, 9.17) is 0 Å². The van der Waals surface area contributed by atoms with Crippen molar-refractivity contribution in [1.29, 1.82) is 0 Å². The third kappa shape index (κ3) is 1.42. The Kier molecular flexibility index (Phi) is 2.14. The first-order chi connectivity index (χ1) is 7.36. The van der Waals surface area contributed by atoms with Crippen LogP contribution in [0.1, 0.15) is 22.4 Å². The van der Waals surface area contributed by atoms with Crippen LogP contribution in [0, 0.1) is 6.92 Å². The summed E-state index contributed by atoms with van der Waals surface area (Å²) in [4.78, 5) is 1.60. The van der Waals surface area contributed by atoms with Gasteiger partial charge in [0.05, 0.1) is 0 Å². The Morgan fingerprint density at radius 1 is 1.20 bits per heavy atom. The molecule has 76 valence electrons. The van der Waals surface area contributed by atoms with Crippen molar-refractivity contribution in [3.63, 3.8) is 0 Å². The van der Waals surface area contributed by atoms with Gasteiger partial charge in [0, 0.05) is 9.58 Å². The normalized spacial score (nSPS) is 15.3. The summed E-state index contributed by atoms with van der Waals surface area (Å²) < 4.78 is 1.50. The molecular weight excluding hydrogens is 200 g/mol. The Hall–Kier alpha value is -1.08. The SMILES string of the molecule is Cc1cccc2c3c(sc12)CCC=CC3. The van der Waals surface area contributed by atoms with Gasteiger partial charge >= 0.3 is 0 Å². The lowest BCUT2D eigenvalue weighted by molar-refractivity contribution is 1.03. The van der Waals surface area contributed by atoms with Gasteiger partial charge < -0.3 is 0 Å². The maximum absolute atomic E-state index is 2.32. The quantitative estimate of drug-likeness (QED) is 0.575. The molecule has 1 heterocycles. The summed E-state index contributed by atoms with van der Waals surface area (Å²) in [6.07, 6.45) is 8.19. The Morgan fingerprint density at radius 3 is 3.07 bits per heavy atom. The molecule has 0 amide bonds. The highest BCUT2D eigenvalue weighted by Gasteiger charge is 2.12. The topological polar surface area (TPSA) is 0 Å². The van der Waals surface area contributed by atoms with Crippen molar-refractivity contribution < 1.29 is 0 Å². The summed E-state index contributed by atoms with van der Waals surface area (Å²) in [5.41, 5.74) is 3.00. The van der Waals surface area contributed by atoms with Crippen molar-refractivity contribution in [2.24, 2.45) is 0 Å². The summed E-state index contributed by atoms with van der Waals surface area (Å²) in [5.74, 6) is 0. The number of allylic oxidation sites excluding steroid dienone is 2. The van der Waals surface area contributed by atoms with Crippen molar-refractivity contribution >= 4 is 21.4 Å². The second kappa shape index (κ2) is 3.49. The van der Waals surface area contributed by atoms with E-state index in [2.05, 4.69) is 37.3 Å². The van der Waals surface area contributed by atoms with Crippen LogP contribution in [0.2, 0.25) is 0 Å². The summed E-state index contributed by atoms with van der Waals surface area (Å²) in [7, 11) is 0. The smallest absolute Gasteiger partial charge is 0.0377 e. The van der Waals surface area contributed by atoms with Gasteiger partial charge in [0.2, 0.25) is 0 Å². The predicted molar refractivity (Wildman–Crippen MR) is 67.7 cm³/mol. The molecule has 3 rings (SSSR count). The van der Waals surface area contributed by atoms with Crippen LogP contribution in [-0.2, 0) is 12.8 Å². The van der Waals surface area contributed by atoms with Gasteiger partial charge in [0.25, 0.3) is 0 Å².